The molecule has 2 bridgehead atoms. The molecule has 3 fully saturated rings. The molecular weight excluding hydrogens is 220 g/mol. The molecule has 3 aliphatic rings. The fourth-order valence-electron chi connectivity index (χ4n) is 5.10. The van der Waals surface area contributed by atoms with Gasteiger partial charge in [0, 0.05) is 6.04 Å². The molecule has 5 atom stereocenters. The zero-order chi connectivity index (χ0) is 12.1. The van der Waals surface area contributed by atoms with Gasteiger partial charge in [0.1, 0.15) is 0 Å². The number of benzene rings is 1. The normalized spacial score (nSPS) is 41.7. The van der Waals surface area contributed by atoms with E-state index in [4.69, 9.17) is 5.84 Å². The van der Waals surface area contributed by atoms with Gasteiger partial charge in [0.15, 0.2) is 0 Å². The van der Waals surface area contributed by atoms with Gasteiger partial charge in [0.25, 0.3) is 0 Å². The van der Waals surface area contributed by atoms with Crippen molar-refractivity contribution >= 4 is 0 Å². The number of nitrogens with two attached hydrogens (primary N) is 1. The van der Waals surface area contributed by atoms with E-state index in [2.05, 4.69) is 35.8 Å². The highest BCUT2D eigenvalue weighted by Gasteiger charge is 2.66. The molecule has 96 valence electrons. The number of hydrazine groups is 1. The molecular formula is C16H22N2. The minimum Gasteiger partial charge on any atom is -0.271 e. The highest BCUT2D eigenvalue weighted by atomic mass is 15.2. The van der Waals surface area contributed by atoms with Gasteiger partial charge in [-0.1, -0.05) is 30.3 Å². The lowest BCUT2D eigenvalue weighted by atomic mass is 9.94. The molecule has 0 amide bonds. The van der Waals surface area contributed by atoms with Crippen LogP contribution in [0.3, 0.4) is 0 Å². The van der Waals surface area contributed by atoms with E-state index in [0.717, 1.165) is 36.0 Å². The van der Waals surface area contributed by atoms with Crippen LogP contribution in [0.1, 0.15) is 24.8 Å². The first-order valence-electron chi connectivity index (χ1n) is 7.38. The van der Waals surface area contributed by atoms with Crippen LogP contribution in [0.4, 0.5) is 0 Å². The van der Waals surface area contributed by atoms with Crippen LogP contribution >= 0.6 is 0 Å². The maximum absolute atomic E-state index is 5.83. The van der Waals surface area contributed by atoms with E-state index >= 15 is 0 Å². The van der Waals surface area contributed by atoms with Gasteiger partial charge in [0.05, 0.1) is 0 Å². The molecule has 3 saturated carbocycles. The van der Waals surface area contributed by atoms with Crippen LogP contribution in [0, 0.1) is 29.6 Å². The Balaban J connectivity index is 1.47. The van der Waals surface area contributed by atoms with E-state index < -0.39 is 0 Å². The minimum absolute atomic E-state index is 0.491. The van der Waals surface area contributed by atoms with Gasteiger partial charge >= 0.3 is 0 Å². The average Bonchev–Trinajstić information content (AvgIpc) is 2.84. The van der Waals surface area contributed by atoms with E-state index in [-0.39, 0.29) is 0 Å². The van der Waals surface area contributed by atoms with E-state index in [9.17, 15) is 0 Å². The zero-order valence-corrected chi connectivity index (χ0v) is 10.8. The van der Waals surface area contributed by atoms with Gasteiger partial charge in [-0.2, -0.15) is 0 Å². The first-order chi connectivity index (χ1) is 8.88. The summed E-state index contributed by atoms with van der Waals surface area (Å²) in [6.45, 7) is 0. The standard InChI is InChI=1S/C16H22N2/c17-18-13(8-10-4-2-1-3-5-10)16-14-11-6-7-12(9-11)15(14)16/h1-5,11-16,18H,6-9,17H2. The molecule has 3 aliphatic carbocycles. The summed E-state index contributed by atoms with van der Waals surface area (Å²) in [5.41, 5.74) is 4.52. The molecule has 5 unspecified atom stereocenters. The predicted molar refractivity (Wildman–Crippen MR) is 72.6 cm³/mol. The van der Waals surface area contributed by atoms with Crippen molar-refractivity contribution in [2.45, 2.75) is 31.7 Å². The summed E-state index contributed by atoms with van der Waals surface area (Å²) in [6.07, 6.45) is 5.60. The quantitative estimate of drug-likeness (QED) is 0.628. The van der Waals surface area contributed by atoms with Crippen molar-refractivity contribution in [3.63, 3.8) is 0 Å². The topological polar surface area (TPSA) is 38.0 Å². The number of nitrogens with one attached hydrogen (secondary N) is 1. The smallest absolute Gasteiger partial charge is 0.0284 e. The van der Waals surface area contributed by atoms with Crippen LogP contribution in [-0.2, 0) is 6.42 Å². The first kappa shape index (κ1) is 11.0. The van der Waals surface area contributed by atoms with E-state index in [1.807, 2.05) is 0 Å². The molecule has 0 spiro atoms. The van der Waals surface area contributed by atoms with Crippen LogP contribution in [0.2, 0.25) is 0 Å². The predicted octanol–water partition coefficient (Wildman–Crippen LogP) is 2.35. The third kappa shape index (κ3) is 1.55. The Labute approximate surface area is 109 Å². The molecule has 1 aromatic carbocycles. The number of hydrogen-bond acceptors (Lipinski definition) is 2. The number of fused-ring (bicyclic) bond motifs is 5. The van der Waals surface area contributed by atoms with Crippen LogP contribution < -0.4 is 11.3 Å². The Morgan fingerprint density at radius 1 is 1.11 bits per heavy atom. The average molecular weight is 242 g/mol. The van der Waals surface area contributed by atoms with Gasteiger partial charge in [0.2, 0.25) is 0 Å². The minimum atomic E-state index is 0.491. The van der Waals surface area contributed by atoms with Gasteiger partial charge in [-0.05, 0) is 60.8 Å². The summed E-state index contributed by atoms with van der Waals surface area (Å²) in [6, 6.07) is 11.3. The first-order valence-corrected chi connectivity index (χ1v) is 7.38. The molecule has 3 N–H and O–H groups in total. The highest BCUT2D eigenvalue weighted by molar-refractivity contribution is 5.20. The van der Waals surface area contributed by atoms with Crippen LogP contribution in [0.5, 0.6) is 0 Å². The Morgan fingerprint density at radius 3 is 2.39 bits per heavy atom. The van der Waals surface area contributed by atoms with Crippen molar-refractivity contribution in [2.75, 3.05) is 0 Å². The lowest BCUT2D eigenvalue weighted by molar-refractivity contribution is 0.365. The van der Waals surface area contributed by atoms with Crippen LogP contribution in [-0.4, -0.2) is 6.04 Å². The molecule has 2 heteroatoms. The second-order valence-corrected chi connectivity index (χ2v) is 6.53. The molecule has 18 heavy (non-hydrogen) atoms. The highest BCUT2D eigenvalue weighted by Crippen LogP contribution is 2.70. The molecule has 0 heterocycles. The van der Waals surface area contributed by atoms with Gasteiger partial charge in [-0.3, -0.25) is 11.3 Å². The largest absolute Gasteiger partial charge is 0.271 e. The fourth-order valence-corrected chi connectivity index (χ4v) is 5.10. The number of hydrogen-bond donors (Lipinski definition) is 2. The van der Waals surface area contributed by atoms with E-state index in [1.54, 1.807) is 0 Å². The molecule has 2 nitrogen and oxygen atoms in total. The number of rotatable bonds is 4. The second kappa shape index (κ2) is 4.07. The van der Waals surface area contributed by atoms with Gasteiger partial charge in [-0.15, -0.1) is 0 Å². The zero-order valence-electron chi connectivity index (χ0n) is 10.8. The second-order valence-electron chi connectivity index (χ2n) is 6.53. The maximum atomic E-state index is 5.83. The third-order valence-corrected chi connectivity index (χ3v) is 5.77. The molecule has 1 aromatic rings. The van der Waals surface area contributed by atoms with E-state index in [0.29, 0.717) is 6.04 Å². The van der Waals surface area contributed by atoms with Crippen molar-refractivity contribution in [3.8, 4) is 0 Å². The molecule has 4 rings (SSSR count). The summed E-state index contributed by atoms with van der Waals surface area (Å²) < 4.78 is 0. The molecule has 0 radical (unpaired) electrons. The lowest BCUT2D eigenvalue weighted by Gasteiger charge is -2.19. The van der Waals surface area contributed by atoms with Crippen LogP contribution in [0.15, 0.2) is 30.3 Å². The van der Waals surface area contributed by atoms with Crippen molar-refractivity contribution < 1.29 is 0 Å². The SMILES string of the molecule is NNC(Cc1ccccc1)C1C2C3CCC(C3)C21. The monoisotopic (exact) mass is 242 g/mol. The van der Waals surface area contributed by atoms with Crippen molar-refractivity contribution in [1.29, 1.82) is 0 Å². The Kier molecular flexibility index (Phi) is 2.49. The molecule has 0 saturated heterocycles. The van der Waals surface area contributed by atoms with Crippen molar-refractivity contribution in [2.24, 2.45) is 35.4 Å². The fraction of sp³-hybridized carbons (Fsp3) is 0.625. The van der Waals surface area contributed by atoms with E-state index in [1.165, 1.54) is 24.8 Å². The van der Waals surface area contributed by atoms with Gasteiger partial charge in [-0.25, -0.2) is 0 Å². The maximum Gasteiger partial charge on any atom is 0.0284 e. The summed E-state index contributed by atoms with van der Waals surface area (Å²) in [5.74, 6) is 10.8. The van der Waals surface area contributed by atoms with Crippen molar-refractivity contribution in [1.82, 2.24) is 5.43 Å². The summed E-state index contributed by atoms with van der Waals surface area (Å²) in [5, 5.41) is 0. The Bertz CT molecular complexity index is 414. The van der Waals surface area contributed by atoms with Crippen LogP contribution in [0.25, 0.3) is 0 Å². The molecule has 0 aliphatic heterocycles. The summed E-state index contributed by atoms with van der Waals surface area (Å²) in [7, 11) is 0. The Morgan fingerprint density at radius 2 is 1.78 bits per heavy atom. The summed E-state index contributed by atoms with van der Waals surface area (Å²) in [4.78, 5) is 0. The lowest BCUT2D eigenvalue weighted by Crippen LogP contribution is -2.40. The summed E-state index contributed by atoms with van der Waals surface area (Å²) >= 11 is 0. The Hall–Kier alpha value is -0.860. The van der Waals surface area contributed by atoms with Gasteiger partial charge < -0.3 is 0 Å². The molecule has 0 aromatic heterocycles. The third-order valence-electron chi connectivity index (χ3n) is 5.77. The van der Waals surface area contributed by atoms with Crippen molar-refractivity contribution in [3.05, 3.63) is 35.9 Å².